The van der Waals surface area contributed by atoms with Crippen LogP contribution < -0.4 is 4.90 Å². The van der Waals surface area contributed by atoms with Crippen molar-refractivity contribution < 1.29 is 14.8 Å². The molecule has 0 spiro atoms. The Morgan fingerprint density at radius 3 is 2.58 bits per heavy atom. The molecule has 7 heteroatoms. The summed E-state index contributed by atoms with van der Waals surface area (Å²) in [4.78, 5) is 23.4. The van der Waals surface area contributed by atoms with E-state index in [0.717, 1.165) is 0 Å². The SMILES string of the molecule is O=C(O)C1CCN(c2ccc(Br)cc2[N+](=O)[O-])CC1. The topological polar surface area (TPSA) is 83.7 Å². The number of hydrogen-bond acceptors (Lipinski definition) is 4. The molecule has 0 atom stereocenters. The molecule has 1 saturated heterocycles. The number of carbonyl (C=O) groups is 1. The van der Waals surface area contributed by atoms with E-state index in [9.17, 15) is 14.9 Å². The smallest absolute Gasteiger partial charge is 0.306 e. The summed E-state index contributed by atoms with van der Waals surface area (Å²) in [6, 6.07) is 4.92. The number of nitrogens with zero attached hydrogens (tertiary/aromatic N) is 2. The van der Waals surface area contributed by atoms with Gasteiger partial charge in [0.15, 0.2) is 0 Å². The Hall–Kier alpha value is -1.63. The molecule has 1 aromatic carbocycles. The van der Waals surface area contributed by atoms with Crippen LogP contribution in [0.4, 0.5) is 11.4 Å². The van der Waals surface area contributed by atoms with Crippen LogP contribution in [0.2, 0.25) is 0 Å². The highest BCUT2D eigenvalue weighted by Crippen LogP contribution is 2.33. The number of anilines is 1. The summed E-state index contributed by atoms with van der Waals surface area (Å²) < 4.78 is 0.656. The van der Waals surface area contributed by atoms with E-state index in [0.29, 0.717) is 36.1 Å². The van der Waals surface area contributed by atoms with Crippen LogP contribution in [0.3, 0.4) is 0 Å². The predicted molar refractivity (Wildman–Crippen MR) is 73.4 cm³/mol. The van der Waals surface area contributed by atoms with Gasteiger partial charge in [0.1, 0.15) is 5.69 Å². The first-order valence-electron chi connectivity index (χ1n) is 5.90. The monoisotopic (exact) mass is 328 g/mol. The minimum absolute atomic E-state index is 0.0446. The van der Waals surface area contributed by atoms with E-state index in [2.05, 4.69) is 15.9 Å². The summed E-state index contributed by atoms with van der Waals surface area (Å²) in [6.45, 7) is 1.05. The molecular weight excluding hydrogens is 316 g/mol. The van der Waals surface area contributed by atoms with Gasteiger partial charge in [-0.25, -0.2) is 0 Å². The zero-order chi connectivity index (χ0) is 14.0. The summed E-state index contributed by atoms with van der Waals surface area (Å²) in [7, 11) is 0. The third-order valence-corrected chi connectivity index (χ3v) is 3.81. The lowest BCUT2D eigenvalue weighted by atomic mass is 9.96. The van der Waals surface area contributed by atoms with Crippen molar-refractivity contribution in [3.63, 3.8) is 0 Å². The fraction of sp³-hybridized carbons (Fsp3) is 0.417. The summed E-state index contributed by atoms with van der Waals surface area (Å²) in [5.41, 5.74) is 0.597. The summed E-state index contributed by atoms with van der Waals surface area (Å²) >= 11 is 3.22. The zero-order valence-corrected chi connectivity index (χ0v) is 11.7. The first-order chi connectivity index (χ1) is 8.99. The molecule has 0 aliphatic carbocycles. The number of aliphatic carboxylic acids is 1. The third-order valence-electron chi connectivity index (χ3n) is 3.32. The van der Waals surface area contributed by atoms with Gasteiger partial charge in [-0.2, -0.15) is 0 Å². The largest absolute Gasteiger partial charge is 0.481 e. The van der Waals surface area contributed by atoms with E-state index in [1.165, 1.54) is 6.07 Å². The highest BCUT2D eigenvalue weighted by Gasteiger charge is 2.27. The molecule has 1 aliphatic rings. The normalized spacial score (nSPS) is 16.4. The van der Waals surface area contributed by atoms with Crippen LogP contribution in [-0.4, -0.2) is 29.1 Å². The van der Waals surface area contributed by atoms with Crippen LogP contribution in [0.25, 0.3) is 0 Å². The Kier molecular flexibility index (Phi) is 4.04. The molecule has 1 aliphatic heterocycles. The minimum atomic E-state index is -0.787. The van der Waals surface area contributed by atoms with Gasteiger partial charge in [0, 0.05) is 23.6 Å². The number of nitro groups is 1. The van der Waals surface area contributed by atoms with Gasteiger partial charge >= 0.3 is 5.97 Å². The van der Waals surface area contributed by atoms with E-state index in [1.807, 2.05) is 4.90 Å². The lowest BCUT2D eigenvalue weighted by Crippen LogP contribution is -2.36. The summed E-state index contributed by atoms with van der Waals surface area (Å²) in [5, 5.41) is 20.0. The van der Waals surface area contributed by atoms with Crippen molar-refractivity contribution in [2.24, 2.45) is 5.92 Å². The molecule has 0 unspecified atom stereocenters. The second kappa shape index (κ2) is 5.56. The van der Waals surface area contributed by atoms with E-state index < -0.39 is 10.9 Å². The van der Waals surface area contributed by atoms with Gasteiger partial charge in [-0.15, -0.1) is 0 Å². The standard InChI is InChI=1S/C12H13BrN2O4/c13-9-1-2-10(11(7-9)15(18)19)14-5-3-8(4-6-14)12(16)17/h1-2,7-8H,3-6H2,(H,16,17). The number of hydrogen-bond donors (Lipinski definition) is 1. The highest BCUT2D eigenvalue weighted by molar-refractivity contribution is 9.10. The van der Waals surface area contributed by atoms with E-state index >= 15 is 0 Å². The van der Waals surface area contributed by atoms with Crippen LogP contribution in [0.1, 0.15) is 12.8 Å². The van der Waals surface area contributed by atoms with E-state index in [4.69, 9.17) is 5.11 Å². The maximum atomic E-state index is 11.1. The van der Waals surface area contributed by atoms with Gasteiger partial charge in [-0.05, 0) is 25.0 Å². The van der Waals surface area contributed by atoms with E-state index in [1.54, 1.807) is 12.1 Å². The van der Waals surface area contributed by atoms with Crippen molar-refractivity contribution in [3.8, 4) is 0 Å². The number of carboxylic acid groups (broad SMARTS) is 1. The lowest BCUT2D eigenvalue weighted by Gasteiger charge is -2.31. The second-order valence-electron chi connectivity index (χ2n) is 4.49. The summed E-state index contributed by atoms with van der Waals surface area (Å²) in [5.74, 6) is -1.13. The number of nitro benzene ring substituents is 1. The number of carboxylic acids is 1. The second-order valence-corrected chi connectivity index (χ2v) is 5.41. The Balaban J connectivity index is 2.20. The van der Waals surface area contributed by atoms with Crippen LogP contribution in [0.15, 0.2) is 22.7 Å². The molecule has 0 amide bonds. The van der Waals surface area contributed by atoms with Crippen LogP contribution in [0.5, 0.6) is 0 Å². The molecule has 1 aromatic rings. The molecule has 0 aromatic heterocycles. The number of benzene rings is 1. The maximum absolute atomic E-state index is 11.1. The van der Waals surface area contributed by atoms with Crippen LogP contribution in [-0.2, 0) is 4.79 Å². The molecule has 0 saturated carbocycles. The predicted octanol–water partition coefficient (Wildman–Crippen LogP) is 2.66. The molecule has 1 fully saturated rings. The zero-order valence-electron chi connectivity index (χ0n) is 10.1. The quantitative estimate of drug-likeness (QED) is 0.681. The molecule has 1 heterocycles. The first-order valence-corrected chi connectivity index (χ1v) is 6.70. The molecule has 2 rings (SSSR count). The van der Waals surface area contributed by atoms with E-state index in [-0.39, 0.29) is 11.6 Å². The van der Waals surface area contributed by atoms with Crippen molar-refractivity contribution in [2.75, 3.05) is 18.0 Å². The molecule has 6 nitrogen and oxygen atoms in total. The van der Waals surface area contributed by atoms with Crippen molar-refractivity contribution in [2.45, 2.75) is 12.8 Å². The van der Waals surface area contributed by atoms with Gasteiger partial charge in [0.05, 0.1) is 10.8 Å². The Morgan fingerprint density at radius 1 is 1.42 bits per heavy atom. The minimum Gasteiger partial charge on any atom is -0.481 e. The fourth-order valence-electron chi connectivity index (χ4n) is 2.28. The molecular formula is C12H13BrN2O4. The summed E-state index contributed by atoms with van der Waals surface area (Å²) in [6.07, 6.45) is 1.03. The van der Waals surface area contributed by atoms with Crippen molar-refractivity contribution in [1.82, 2.24) is 0 Å². The van der Waals surface area contributed by atoms with Gasteiger partial charge in [-0.1, -0.05) is 15.9 Å². The van der Waals surface area contributed by atoms with Crippen molar-refractivity contribution in [1.29, 1.82) is 0 Å². The Labute approximate surface area is 118 Å². The van der Waals surface area contributed by atoms with Crippen LogP contribution >= 0.6 is 15.9 Å². The fourth-order valence-corrected chi connectivity index (χ4v) is 2.63. The van der Waals surface area contributed by atoms with Gasteiger partial charge in [0.2, 0.25) is 0 Å². The first kappa shape index (κ1) is 13.8. The number of piperidine rings is 1. The molecule has 0 bridgehead atoms. The molecule has 102 valence electrons. The van der Waals surface area contributed by atoms with Crippen molar-refractivity contribution >= 4 is 33.3 Å². The molecule has 19 heavy (non-hydrogen) atoms. The Bertz CT molecular complexity index is 512. The van der Waals surface area contributed by atoms with Gasteiger partial charge in [-0.3, -0.25) is 14.9 Å². The van der Waals surface area contributed by atoms with Crippen LogP contribution in [0, 0.1) is 16.0 Å². The maximum Gasteiger partial charge on any atom is 0.306 e. The average molecular weight is 329 g/mol. The van der Waals surface area contributed by atoms with Gasteiger partial charge in [0.25, 0.3) is 5.69 Å². The molecule has 0 radical (unpaired) electrons. The van der Waals surface area contributed by atoms with Crippen molar-refractivity contribution in [3.05, 3.63) is 32.8 Å². The highest BCUT2D eigenvalue weighted by atomic mass is 79.9. The average Bonchev–Trinajstić information content (AvgIpc) is 2.38. The van der Waals surface area contributed by atoms with Gasteiger partial charge < -0.3 is 10.0 Å². The number of halogens is 1. The molecule has 1 N–H and O–H groups in total. The lowest BCUT2D eigenvalue weighted by molar-refractivity contribution is -0.384. The Morgan fingerprint density at radius 2 is 2.05 bits per heavy atom. The number of rotatable bonds is 3. The third kappa shape index (κ3) is 3.04.